The van der Waals surface area contributed by atoms with Gasteiger partial charge in [-0.1, -0.05) is 0 Å². The molecule has 3 aromatic heterocycles. The number of hydrogen-bond acceptors (Lipinski definition) is 8. The average Bonchev–Trinajstić information content (AvgIpc) is 3.24. The van der Waals surface area contributed by atoms with Crippen LogP contribution in [0.5, 0.6) is 0 Å². The Bertz CT molecular complexity index is 862. The summed E-state index contributed by atoms with van der Waals surface area (Å²) in [6.07, 6.45) is 3.89. The minimum atomic E-state index is -0.681. The molecule has 25 heavy (non-hydrogen) atoms. The van der Waals surface area contributed by atoms with Crippen molar-refractivity contribution >= 4 is 22.8 Å². The maximum absolute atomic E-state index is 12.4. The zero-order valence-corrected chi connectivity index (χ0v) is 13.4. The number of nitrogens with zero attached hydrogens (tertiary/aromatic N) is 8. The molecule has 130 valence electrons. The Labute approximate surface area is 142 Å². The Kier molecular flexibility index (Phi) is 3.98. The van der Waals surface area contributed by atoms with E-state index in [9.17, 15) is 9.90 Å². The number of carbonyl (C=O) groups is 1. The van der Waals surface area contributed by atoms with Gasteiger partial charge < -0.3 is 19.9 Å². The van der Waals surface area contributed by atoms with E-state index in [1.165, 1.54) is 17.5 Å². The summed E-state index contributed by atoms with van der Waals surface area (Å²) in [5.41, 5.74) is 0.744. The van der Waals surface area contributed by atoms with E-state index < -0.39 is 6.10 Å². The average molecular weight is 343 g/mol. The number of anilines is 1. The lowest BCUT2D eigenvalue weighted by Gasteiger charge is -2.23. The first kappa shape index (κ1) is 15.4. The molecule has 4 heterocycles. The molecule has 1 atom stereocenters. The molecule has 1 fully saturated rings. The molecule has 4 rings (SSSR count). The minimum absolute atomic E-state index is 0.00226. The number of hydrogen-bond donors (Lipinski definition) is 2. The van der Waals surface area contributed by atoms with Crippen molar-refractivity contribution in [1.82, 2.24) is 40.1 Å². The van der Waals surface area contributed by atoms with Crippen molar-refractivity contribution in [3.63, 3.8) is 0 Å². The molecule has 0 spiro atoms. The molecule has 2 N–H and O–H groups in total. The van der Waals surface area contributed by atoms with Gasteiger partial charge in [0, 0.05) is 32.4 Å². The number of aliphatic hydroxyl groups is 1. The van der Waals surface area contributed by atoms with Crippen LogP contribution in [0.2, 0.25) is 0 Å². The van der Waals surface area contributed by atoms with Crippen LogP contribution >= 0.6 is 0 Å². The summed E-state index contributed by atoms with van der Waals surface area (Å²) in [6.45, 7) is 1.68. The topological polar surface area (TPSA) is 129 Å². The molecule has 0 aromatic carbocycles. The number of fused-ring (bicyclic) bond motifs is 1. The smallest absolute Gasteiger partial charge is 0.246 e. The molecule has 1 amide bonds. The van der Waals surface area contributed by atoms with Gasteiger partial charge in [0.05, 0.1) is 11.5 Å². The summed E-state index contributed by atoms with van der Waals surface area (Å²) < 4.78 is 0. The van der Waals surface area contributed by atoms with E-state index in [4.69, 9.17) is 0 Å². The Balaban J connectivity index is 1.51. The van der Waals surface area contributed by atoms with Crippen molar-refractivity contribution in [2.75, 3.05) is 31.1 Å². The predicted octanol–water partition coefficient (Wildman–Crippen LogP) is -1.35. The van der Waals surface area contributed by atoms with Crippen LogP contribution < -0.4 is 4.90 Å². The molecule has 0 saturated carbocycles. The number of aromatic nitrogens is 7. The Morgan fingerprint density at radius 1 is 1.28 bits per heavy atom. The van der Waals surface area contributed by atoms with Gasteiger partial charge in [-0.05, 0) is 11.3 Å². The molecular formula is C14H17N9O2. The largest absolute Gasteiger partial charge is 0.389 e. The third-order valence-corrected chi connectivity index (χ3v) is 4.16. The molecule has 1 aliphatic heterocycles. The van der Waals surface area contributed by atoms with Crippen LogP contribution in [-0.4, -0.2) is 83.4 Å². The van der Waals surface area contributed by atoms with Crippen molar-refractivity contribution in [3.05, 3.63) is 24.9 Å². The lowest BCUT2D eigenvalue weighted by atomic mass is 10.3. The van der Waals surface area contributed by atoms with Gasteiger partial charge in [-0.2, -0.15) is 4.80 Å². The standard InChI is InChI=1S/C14H17N9O2/c24-10-5-21(12(25)7-23-19-9-18-20-23)3-4-22(6-10)14-11-1-2-15-13(11)16-8-17-14/h1-2,8-10,24H,3-7H2,(H,15,16,17). The summed E-state index contributed by atoms with van der Waals surface area (Å²) in [6, 6.07) is 1.90. The van der Waals surface area contributed by atoms with Crippen molar-refractivity contribution in [2.45, 2.75) is 12.6 Å². The number of rotatable bonds is 3. The highest BCUT2D eigenvalue weighted by molar-refractivity contribution is 5.87. The second-order valence-electron chi connectivity index (χ2n) is 5.84. The molecular weight excluding hydrogens is 326 g/mol. The highest BCUT2D eigenvalue weighted by Crippen LogP contribution is 2.23. The molecule has 1 saturated heterocycles. The summed E-state index contributed by atoms with van der Waals surface area (Å²) >= 11 is 0. The maximum atomic E-state index is 12.4. The number of aromatic amines is 1. The van der Waals surface area contributed by atoms with E-state index >= 15 is 0 Å². The number of β-amino-alcohol motifs (C(OH)–C–C–N with tert-alkyl or cyclic N) is 1. The number of tetrazole rings is 1. The first-order chi connectivity index (χ1) is 12.2. The minimum Gasteiger partial charge on any atom is -0.389 e. The molecule has 3 aromatic rings. The van der Waals surface area contributed by atoms with Crippen LogP contribution in [0.1, 0.15) is 0 Å². The Morgan fingerprint density at radius 3 is 3.04 bits per heavy atom. The fourth-order valence-corrected chi connectivity index (χ4v) is 3.00. The van der Waals surface area contributed by atoms with E-state index in [1.807, 2.05) is 11.0 Å². The highest BCUT2D eigenvalue weighted by atomic mass is 16.3. The number of amides is 1. The van der Waals surface area contributed by atoms with Crippen LogP contribution in [0.15, 0.2) is 24.9 Å². The van der Waals surface area contributed by atoms with Gasteiger partial charge in [0.15, 0.2) is 6.33 Å². The van der Waals surface area contributed by atoms with Crippen LogP contribution in [0.25, 0.3) is 11.0 Å². The van der Waals surface area contributed by atoms with Gasteiger partial charge in [0.25, 0.3) is 0 Å². The van der Waals surface area contributed by atoms with Crippen molar-refractivity contribution < 1.29 is 9.90 Å². The molecule has 0 aliphatic carbocycles. The van der Waals surface area contributed by atoms with Gasteiger partial charge in [0.2, 0.25) is 5.91 Å². The monoisotopic (exact) mass is 343 g/mol. The van der Waals surface area contributed by atoms with Crippen LogP contribution in [0.3, 0.4) is 0 Å². The first-order valence-corrected chi connectivity index (χ1v) is 7.90. The lowest BCUT2D eigenvalue weighted by Crippen LogP contribution is -2.39. The second kappa shape index (κ2) is 6.43. The fraction of sp³-hybridized carbons (Fsp3) is 0.429. The fourth-order valence-electron chi connectivity index (χ4n) is 3.00. The number of aliphatic hydroxyl groups excluding tert-OH is 1. The molecule has 1 unspecified atom stereocenters. The van der Waals surface area contributed by atoms with Gasteiger partial charge in [-0.25, -0.2) is 9.97 Å². The van der Waals surface area contributed by atoms with Crippen molar-refractivity contribution in [3.8, 4) is 0 Å². The first-order valence-electron chi connectivity index (χ1n) is 7.90. The summed E-state index contributed by atoms with van der Waals surface area (Å²) in [7, 11) is 0. The summed E-state index contributed by atoms with van der Waals surface area (Å²) in [5.74, 6) is 0.589. The van der Waals surface area contributed by atoms with Crippen LogP contribution in [0, 0.1) is 0 Å². The van der Waals surface area contributed by atoms with Gasteiger partial charge >= 0.3 is 0 Å². The molecule has 11 heteroatoms. The third-order valence-electron chi connectivity index (χ3n) is 4.16. The number of nitrogens with one attached hydrogen (secondary N) is 1. The maximum Gasteiger partial charge on any atom is 0.246 e. The highest BCUT2D eigenvalue weighted by Gasteiger charge is 2.26. The molecule has 0 radical (unpaired) electrons. The zero-order chi connectivity index (χ0) is 17.2. The number of H-pyrrole nitrogens is 1. The third kappa shape index (κ3) is 3.13. The van der Waals surface area contributed by atoms with Crippen molar-refractivity contribution in [1.29, 1.82) is 0 Å². The normalized spacial score (nSPS) is 18.5. The SMILES string of the molecule is O=C(Cn1ncnn1)N1CCN(c2ncnc3[nH]ccc23)CC(O)C1. The van der Waals surface area contributed by atoms with E-state index in [1.54, 1.807) is 11.1 Å². The van der Waals surface area contributed by atoms with E-state index in [2.05, 4.69) is 30.4 Å². The van der Waals surface area contributed by atoms with E-state index in [-0.39, 0.29) is 19.0 Å². The van der Waals surface area contributed by atoms with E-state index in [0.717, 1.165) is 16.9 Å². The molecule has 0 bridgehead atoms. The van der Waals surface area contributed by atoms with Gasteiger partial charge in [-0.15, -0.1) is 10.2 Å². The Morgan fingerprint density at radius 2 is 2.20 bits per heavy atom. The van der Waals surface area contributed by atoms with Crippen molar-refractivity contribution in [2.24, 2.45) is 0 Å². The molecule has 1 aliphatic rings. The van der Waals surface area contributed by atoms with Crippen LogP contribution in [-0.2, 0) is 11.3 Å². The summed E-state index contributed by atoms with van der Waals surface area (Å²) in [4.78, 5) is 28.8. The Hall–Kier alpha value is -3.08. The van der Waals surface area contributed by atoms with Crippen LogP contribution in [0.4, 0.5) is 5.82 Å². The molecule has 11 nitrogen and oxygen atoms in total. The second-order valence-corrected chi connectivity index (χ2v) is 5.84. The summed E-state index contributed by atoms with van der Waals surface area (Å²) in [5, 5.41) is 22.4. The quantitative estimate of drug-likeness (QED) is 0.597. The number of carbonyl (C=O) groups excluding carboxylic acids is 1. The van der Waals surface area contributed by atoms with Gasteiger partial charge in [-0.3, -0.25) is 4.79 Å². The van der Waals surface area contributed by atoms with E-state index in [0.29, 0.717) is 19.6 Å². The van der Waals surface area contributed by atoms with Gasteiger partial charge in [0.1, 0.15) is 24.3 Å². The lowest BCUT2D eigenvalue weighted by molar-refractivity contribution is -0.133. The zero-order valence-electron chi connectivity index (χ0n) is 13.4. The predicted molar refractivity (Wildman–Crippen MR) is 86.5 cm³/mol.